The minimum atomic E-state index is 0.694. The molecule has 0 radical (unpaired) electrons. The fourth-order valence-corrected chi connectivity index (χ4v) is 1.49. The van der Waals surface area contributed by atoms with Crippen LogP contribution in [0.5, 0.6) is 0 Å². The molecule has 0 spiro atoms. The van der Waals surface area contributed by atoms with E-state index in [2.05, 4.69) is 34.4 Å². The average Bonchev–Trinajstić information content (AvgIpc) is 2.41. The highest BCUT2D eigenvalue weighted by Crippen LogP contribution is 2.11. The summed E-state index contributed by atoms with van der Waals surface area (Å²) in [6.45, 7) is 9.32. The molecule has 18 heavy (non-hydrogen) atoms. The number of hydrogen-bond donors (Lipinski definition) is 2. The molecule has 1 heterocycles. The van der Waals surface area contributed by atoms with Gasteiger partial charge in [0.2, 0.25) is 0 Å². The third-order valence-electron chi connectivity index (χ3n) is 2.40. The van der Waals surface area contributed by atoms with Crippen LogP contribution in [0.1, 0.15) is 33.0 Å². The zero-order chi connectivity index (χ0) is 13.2. The first-order valence-electron chi connectivity index (χ1n) is 6.73. The van der Waals surface area contributed by atoms with E-state index in [9.17, 15) is 0 Å². The molecule has 0 amide bonds. The standard InChI is InChI=1S/C13H24N4O/c1-4-7-14-12-10-13(15-8-9-18-6-3)17-11(5-2)16-12/h10H,4-9H2,1-3H3,(H2,14,15,16,17). The van der Waals surface area contributed by atoms with Gasteiger partial charge in [-0.15, -0.1) is 0 Å². The first kappa shape index (κ1) is 14.7. The Kier molecular flexibility index (Phi) is 7.10. The van der Waals surface area contributed by atoms with E-state index < -0.39 is 0 Å². The van der Waals surface area contributed by atoms with Gasteiger partial charge in [0.1, 0.15) is 17.5 Å². The van der Waals surface area contributed by atoms with Gasteiger partial charge in [-0.2, -0.15) is 0 Å². The largest absolute Gasteiger partial charge is 0.380 e. The fraction of sp³-hybridized carbons (Fsp3) is 0.692. The smallest absolute Gasteiger partial charge is 0.132 e. The van der Waals surface area contributed by atoms with Gasteiger partial charge in [-0.25, -0.2) is 9.97 Å². The Morgan fingerprint density at radius 2 is 1.72 bits per heavy atom. The fourth-order valence-electron chi connectivity index (χ4n) is 1.49. The number of ether oxygens (including phenoxy) is 1. The Morgan fingerprint density at radius 3 is 2.28 bits per heavy atom. The highest BCUT2D eigenvalue weighted by atomic mass is 16.5. The summed E-state index contributed by atoms with van der Waals surface area (Å²) in [5.41, 5.74) is 0. The van der Waals surface area contributed by atoms with Crippen LogP contribution in [-0.2, 0) is 11.2 Å². The first-order valence-corrected chi connectivity index (χ1v) is 6.73. The van der Waals surface area contributed by atoms with E-state index >= 15 is 0 Å². The van der Waals surface area contributed by atoms with Crippen LogP contribution in [0.3, 0.4) is 0 Å². The number of rotatable bonds is 9. The molecule has 1 rings (SSSR count). The monoisotopic (exact) mass is 252 g/mol. The molecule has 5 heteroatoms. The van der Waals surface area contributed by atoms with Gasteiger partial charge in [0.15, 0.2) is 0 Å². The molecule has 0 saturated heterocycles. The van der Waals surface area contributed by atoms with Gasteiger partial charge in [0, 0.05) is 32.2 Å². The summed E-state index contributed by atoms with van der Waals surface area (Å²) < 4.78 is 5.29. The van der Waals surface area contributed by atoms with Crippen LogP contribution < -0.4 is 10.6 Å². The summed E-state index contributed by atoms with van der Waals surface area (Å²) in [7, 11) is 0. The van der Waals surface area contributed by atoms with Gasteiger partial charge in [-0.3, -0.25) is 0 Å². The van der Waals surface area contributed by atoms with Crippen LogP contribution in [0.4, 0.5) is 11.6 Å². The number of hydrogen-bond acceptors (Lipinski definition) is 5. The second kappa shape index (κ2) is 8.69. The topological polar surface area (TPSA) is 59.1 Å². The van der Waals surface area contributed by atoms with E-state index in [-0.39, 0.29) is 0 Å². The third-order valence-corrected chi connectivity index (χ3v) is 2.40. The molecule has 0 aromatic carbocycles. The molecule has 102 valence electrons. The van der Waals surface area contributed by atoms with Gasteiger partial charge in [0.05, 0.1) is 6.61 Å². The Labute approximate surface area is 109 Å². The molecule has 0 aliphatic carbocycles. The van der Waals surface area contributed by atoms with Crippen LogP contribution in [-0.4, -0.2) is 36.3 Å². The van der Waals surface area contributed by atoms with Gasteiger partial charge < -0.3 is 15.4 Å². The summed E-state index contributed by atoms with van der Waals surface area (Å²) in [5, 5.41) is 6.54. The first-order chi connectivity index (χ1) is 8.80. The Balaban J connectivity index is 2.58. The molecule has 2 N–H and O–H groups in total. The van der Waals surface area contributed by atoms with Gasteiger partial charge in [-0.1, -0.05) is 13.8 Å². The highest BCUT2D eigenvalue weighted by Gasteiger charge is 2.02. The lowest BCUT2D eigenvalue weighted by atomic mass is 10.4. The zero-order valence-corrected chi connectivity index (χ0v) is 11.6. The van der Waals surface area contributed by atoms with Crippen LogP contribution in [0.15, 0.2) is 6.07 Å². The van der Waals surface area contributed by atoms with E-state index in [1.807, 2.05) is 13.0 Å². The van der Waals surface area contributed by atoms with Crippen LogP contribution in [0, 0.1) is 0 Å². The SMILES string of the molecule is CCCNc1cc(NCCOCC)nc(CC)n1. The molecule has 1 aromatic rings. The van der Waals surface area contributed by atoms with Crippen LogP contribution in [0.2, 0.25) is 0 Å². The van der Waals surface area contributed by atoms with Crippen molar-refractivity contribution in [3.05, 3.63) is 11.9 Å². The molecule has 0 atom stereocenters. The van der Waals surface area contributed by atoms with Gasteiger partial charge in [-0.05, 0) is 13.3 Å². The van der Waals surface area contributed by atoms with Crippen molar-refractivity contribution in [2.75, 3.05) is 36.9 Å². The average molecular weight is 252 g/mol. The maximum atomic E-state index is 5.29. The maximum absolute atomic E-state index is 5.29. The second-order valence-corrected chi connectivity index (χ2v) is 3.96. The second-order valence-electron chi connectivity index (χ2n) is 3.96. The summed E-state index contributed by atoms with van der Waals surface area (Å²) in [5.74, 6) is 2.61. The van der Waals surface area contributed by atoms with E-state index in [1.54, 1.807) is 0 Å². The number of nitrogens with zero attached hydrogens (tertiary/aromatic N) is 2. The molecule has 0 saturated carbocycles. The quantitative estimate of drug-likeness (QED) is 0.660. The van der Waals surface area contributed by atoms with Crippen molar-refractivity contribution < 1.29 is 4.74 Å². The lowest BCUT2D eigenvalue weighted by Gasteiger charge is -2.10. The lowest BCUT2D eigenvalue weighted by Crippen LogP contribution is -2.12. The minimum Gasteiger partial charge on any atom is -0.380 e. The van der Waals surface area contributed by atoms with E-state index in [4.69, 9.17) is 4.74 Å². The highest BCUT2D eigenvalue weighted by molar-refractivity contribution is 5.47. The van der Waals surface area contributed by atoms with Crippen molar-refractivity contribution in [1.29, 1.82) is 0 Å². The van der Waals surface area contributed by atoms with Crippen molar-refractivity contribution in [3.8, 4) is 0 Å². The number of nitrogens with one attached hydrogen (secondary N) is 2. The third kappa shape index (κ3) is 5.31. The molecule has 0 bridgehead atoms. The molecule has 0 aliphatic heterocycles. The van der Waals surface area contributed by atoms with E-state index in [1.165, 1.54) is 0 Å². The predicted octanol–water partition coefficient (Wildman–Crippen LogP) is 2.31. The summed E-state index contributed by atoms with van der Waals surface area (Å²) in [6.07, 6.45) is 1.92. The molecule has 0 fully saturated rings. The minimum absolute atomic E-state index is 0.694. The lowest BCUT2D eigenvalue weighted by molar-refractivity contribution is 0.158. The van der Waals surface area contributed by atoms with Crippen molar-refractivity contribution >= 4 is 11.6 Å². The summed E-state index contributed by atoms with van der Waals surface area (Å²) in [6, 6.07) is 1.95. The van der Waals surface area contributed by atoms with Crippen LogP contribution >= 0.6 is 0 Å². The summed E-state index contributed by atoms with van der Waals surface area (Å²) >= 11 is 0. The van der Waals surface area contributed by atoms with Gasteiger partial charge in [0.25, 0.3) is 0 Å². The molecule has 0 aliphatic rings. The van der Waals surface area contributed by atoms with Crippen molar-refractivity contribution in [2.45, 2.75) is 33.6 Å². The summed E-state index contributed by atoms with van der Waals surface area (Å²) in [4.78, 5) is 8.88. The van der Waals surface area contributed by atoms with Crippen molar-refractivity contribution in [1.82, 2.24) is 9.97 Å². The zero-order valence-electron chi connectivity index (χ0n) is 11.6. The van der Waals surface area contributed by atoms with E-state index in [0.717, 1.165) is 50.0 Å². The Bertz CT molecular complexity index is 344. The number of aryl methyl sites for hydroxylation is 1. The van der Waals surface area contributed by atoms with Gasteiger partial charge >= 0.3 is 0 Å². The Hall–Kier alpha value is -1.36. The van der Waals surface area contributed by atoms with Crippen LogP contribution in [0.25, 0.3) is 0 Å². The predicted molar refractivity (Wildman–Crippen MR) is 75.2 cm³/mol. The normalized spacial score (nSPS) is 10.4. The van der Waals surface area contributed by atoms with Crippen molar-refractivity contribution in [2.24, 2.45) is 0 Å². The molecular weight excluding hydrogens is 228 g/mol. The number of aromatic nitrogens is 2. The maximum Gasteiger partial charge on any atom is 0.132 e. The molecule has 0 unspecified atom stereocenters. The molecular formula is C13H24N4O. The molecule has 5 nitrogen and oxygen atoms in total. The number of anilines is 2. The Morgan fingerprint density at radius 1 is 1.06 bits per heavy atom. The van der Waals surface area contributed by atoms with E-state index in [0.29, 0.717) is 6.61 Å². The van der Waals surface area contributed by atoms with Crippen molar-refractivity contribution in [3.63, 3.8) is 0 Å². The molecule has 1 aromatic heterocycles.